The first-order valence-electron chi connectivity index (χ1n) is 9.97. The number of para-hydroxylation sites is 2. The number of pyridine rings is 1. The predicted molar refractivity (Wildman–Crippen MR) is 125 cm³/mol. The fourth-order valence-electron chi connectivity index (χ4n) is 2.90. The van der Waals surface area contributed by atoms with Gasteiger partial charge in [0.15, 0.2) is 22.5 Å². The van der Waals surface area contributed by atoms with Crippen molar-refractivity contribution in [3.05, 3.63) is 89.6 Å². The van der Waals surface area contributed by atoms with Crippen molar-refractivity contribution in [2.24, 2.45) is 0 Å². The fraction of sp³-hybridized carbons (Fsp3) is 0.130. The second kappa shape index (κ2) is 10.5. The number of aromatic nitrogens is 4. The number of benzene rings is 2. The van der Waals surface area contributed by atoms with Crippen LogP contribution in [0.5, 0.6) is 5.75 Å². The maximum absolute atomic E-state index is 14.0. The third-order valence-corrected chi connectivity index (χ3v) is 5.80. The summed E-state index contributed by atoms with van der Waals surface area (Å²) in [7, 11) is 0. The highest BCUT2D eigenvalue weighted by atomic mass is 35.5. The van der Waals surface area contributed by atoms with Crippen molar-refractivity contribution in [3.63, 3.8) is 0 Å². The van der Waals surface area contributed by atoms with Crippen LogP contribution in [0, 0.1) is 5.82 Å². The molecule has 1 amide bonds. The van der Waals surface area contributed by atoms with Gasteiger partial charge in [0.2, 0.25) is 5.91 Å². The molecule has 10 heteroatoms. The molecule has 0 aliphatic heterocycles. The number of rotatable bonds is 8. The first-order valence-corrected chi connectivity index (χ1v) is 11.2. The van der Waals surface area contributed by atoms with Gasteiger partial charge in [0.25, 0.3) is 0 Å². The number of nitrogens with zero attached hydrogens (tertiary/aromatic N) is 4. The molecule has 2 heterocycles. The normalized spacial score (nSPS) is 11.7. The molecule has 2 aromatic carbocycles. The predicted octanol–water partition coefficient (Wildman–Crippen LogP) is 5.15. The smallest absolute Gasteiger partial charge is 0.238 e. The van der Waals surface area contributed by atoms with E-state index in [0.717, 1.165) is 5.69 Å². The van der Waals surface area contributed by atoms with E-state index in [4.69, 9.17) is 16.3 Å². The lowest BCUT2D eigenvalue weighted by Gasteiger charge is -2.14. The van der Waals surface area contributed by atoms with E-state index in [1.165, 1.54) is 24.0 Å². The number of thioether (sulfide) groups is 1. The molecular weight excluding hydrogens is 465 g/mol. The van der Waals surface area contributed by atoms with Crippen molar-refractivity contribution in [1.29, 1.82) is 0 Å². The summed E-state index contributed by atoms with van der Waals surface area (Å²) in [5.41, 5.74) is 0.795. The molecule has 0 unspecified atom stereocenters. The Morgan fingerprint density at radius 2 is 1.88 bits per heavy atom. The minimum atomic E-state index is -0.505. The third-order valence-electron chi connectivity index (χ3n) is 4.54. The largest absolute Gasteiger partial charge is 0.483 e. The van der Waals surface area contributed by atoms with Crippen molar-refractivity contribution >= 4 is 35.1 Å². The summed E-state index contributed by atoms with van der Waals surface area (Å²) in [4.78, 5) is 16.8. The third kappa shape index (κ3) is 5.68. The minimum absolute atomic E-state index is 0.00133. The van der Waals surface area contributed by atoms with Crippen LogP contribution in [0.15, 0.2) is 78.1 Å². The number of hydrogen-bond acceptors (Lipinski definition) is 6. The highest BCUT2D eigenvalue weighted by Gasteiger charge is 2.22. The summed E-state index contributed by atoms with van der Waals surface area (Å²) < 4.78 is 21.4. The number of amides is 1. The number of ether oxygens (including phenoxy) is 1. The molecule has 0 fully saturated rings. The highest BCUT2D eigenvalue weighted by Crippen LogP contribution is 2.27. The van der Waals surface area contributed by atoms with Crippen molar-refractivity contribution < 1.29 is 13.9 Å². The van der Waals surface area contributed by atoms with Crippen LogP contribution in [0.25, 0.3) is 5.69 Å². The molecule has 0 bridgehead atoms. The maximum Gasteiger partial charge on any atom is 0.238 e. The lowest BCUT2D eigenvalue weighted by atomic mass is 10.3. The Kier molecular flexibility index (Phi) is 7.21. The lowest BCUT2D eigenvalue weighted by Crippen LogP contribution is -2.23. The second-order valence-corrected chi connectivity index (χ2v) is 8.64. The van der Waals surface area contributed by atoms with E-state index < -0.39 is 11.1 Å². The average Bonchev–Trinajstić information content (AvgIpc) is 3.22. The molecule has 0 saturated carbocycles. The van der Waals surface area contributed by atoms with Crippen molar-refractivity contribution in [3.8, 4) is 11.4 Å². The quantitative estimate of drug-likeness (QED) is 0.349. The number of carbonyl (C=O) groups is 1. The molecule has 168 valence electrons. The summed E-state index contributed by atoms with van der Waals surface area (Å²) in [6.07, 6.45) is 1.46. The lowest BCUT2D eigenvalue weighted by molar-refractivity contribution is -0.115. The number of hydrogen-bond donors (Lipinski definition) is 1. The van der Waals surface area contributed by atoms with Crippen LogP contribution in [0.4, 0.5) is 10.2 Å². The van der Waals surface area contributed by atoms with Gasteiger partial charge >= 0.3 is 0 Å². The Morgan fingerprint density at radius 3 is 2.61 bits per heavy atom. The molecule has 1 N–H and O–H groups in total. The summed E-state index contributed by atoms with van der Waals surface area (Å²) >= 11 is 7.08. The first-order chi connectivity index (χ1) is 16.0. The van der Waals surface area contributed by atoms with Gasteiger partial charge in [-0.1, -0.05) is 53.7 Å². The van der Waals surface area contributed by atoms with Crippen LogP contribution in [0.3, 0.4) is 0 Å². The van der Waals surface area contributed by atoms with Crippen molar-refractivity contribution in [2.75, 3.05) is 5.32 Å². The molecule has 1 atom stereocenters. The standard InChI is InChI=1S/C23H19ClFN5O2S/c1-15(22(31)27-20-12-11-16(24)13-26-20)33-23-29-28-21(30(23)17-7-3-2-4-8-17)14-32-19-10-6-5-9-18(19)25/h2-13,15H,14H2,1H3,(H,26,27,31)/t15-/m0/s1. The molecule has 0 aliphatic rings. The Hall–Kier alpha value is -3.43. The molecular formula is C23H19ClFN5O2S. The Labute approximate surface area is 199 Å². The summed E-state index contributed by atoms with van der Waals surface area (Å²) in [5.74, 6) is 0.289. The Morgan fingerprint density at radius 1 is 1.12 bits per heavy atom. The van der Waals surface area contributed by atoms with Gasteiger partial charge in [-0.15, -0.1) is 10.2 Å². The van der Waals surface area contributed by atoms with Crippen molar-refractivity contribution in [1.82, 2.24) is 19.7 Å². The van der Waals surface area contributed by atoms with E-state index in [2.05, 4.69) is 20.5 Å². The van der Waals surface area contributed by atoms with Crippen LogP contribution >= 0.6 is 23.4 Å². The summed E-state index contributed by atoms with van der Waals surface area (Å²) in [6.45, 7) is 1.76. The van der Waals surface area contributed by atoms with Gasteiger partial charge in [0.05, 0.1) is 10.3 Å². The Bertz CT molecular complexity index is 1240. The number of nitrogens with one attached hydrogen (secondary N) is 1. The van der Waals surface area contributed by atoms with Gasteiger partial charge < -0.3 is 10.1 Å². The topological polar surface area (TPSA) is 81.9 Å². The van der Waals surface area contributed by atoms with E-state index in [9.17, 15) is 9.18 Å². The zero-order chi connectivity index (χ0) is 23.2. The van der Waals surface area contributed by atoms with E-state index >= 15 is 0 Å². The molecule has 4 rings (SSSR count). The average molecular weight is 484 g/mol. The number of anilines is 1. The molecule has 4 aromatic rings. The molecule has 33 heavy (non-hydrogen) atoms. The molecule has 7 nitrogen and oxygen atoms in total. The van der Waals surface area contributed by atoms with Gasteiger partial charge in [0, 0.05) is 11.9 Å². The van der Waals surface area contributed by atoms with Gasteiger partial charge in [-0.2, -0.15) is 0 Å². The monoisotopic (exact) mass is 483 g/mol. The van der Waals surface area contributed by atoms with E-state index in [0.29, 0.717) is 21.8 Å². The maximum atomic E-state index is 14.0. The van der Waals surface area contributed by atoms with Crippen LogP contribution in [0.1, 0.15) is 12.7 Å². The van der Waals surface area contributed by atoms with E-state index in [-0.39, 0.29) is 18.3 Å². The summed E-state index contributed by atoms with van der Waals surface area (Å²) in [5, 5.41) is 11.7. The molecule has 0 spiro atoms. The van der Waals surface area contributed by atoms with Gasteiger partial charge in [-0.3, -0.25) is 9.36 Å². The zero-order valence-electron chi connectivity index (χ0n) is 17.5. The van der Waals surface area contributed by atoms with Gasteiger partial charge in [-0.05, 0) is 43.3 Å². The SMILES string of the molecule is C[C@H](Sc1nnc(COc2ccccc2F)n1-c1ccccc1)C(=O)Nc1ccc(Cl)cn1. The number of carbonyl (C=O) groups excluding carboxylic acids is 1. The van der Waals surface area contributed by atoms with Crippen molar-refractivity contribution in [2.45, 2.75) is 23.9 Å². The second-order valence-electron chi connectivity index (χ2n) is 6.90. The van der Waals surface area contributed by atoms with Crippen LogP contribution in [-0.2, 0) is 11.4 Å². The van der Waals surface area contributed by atoms with Crippen LogP contribution in [0.2, 0.25) is 5.02 Å². The van der Waals surface area contributed by atoms with E-state index in [1.807, 2.05) is 30.3 Å². The highest BCUT2D eigenvalue weighted by molar-refractivity contribution is 8.00. The minimum Gasteiger partial charge on any atom is -0.483 e. The molecule has 2 aromatic heterocycles. The Balaban J connectivity index is 1.54. The zero-order valence-corrected chi connectivity index (χ0v) is 19.1. The fourth-order valence-corrected chi connectivity index (χ4v) is 3.90. The first kappa shape index (κ1) is 22.8. The molecule has 0 aliphatic carbocycles. The summed E-state index contributed by atoms with van der Waals surface area (Å²) in [6, 6.07) is 18.9. The van der Waals surface area contributed by atoms with Gasteiger partial charge in [0.1, 0.15) is 12.4 Å². The van der Waals surface area contributed by atoms with Crippen LogP contribution < -0.4 is 10.1 Å². The molecule has 0 saturated heterocycles. The van der Waals surface area contributed by atoms with Gasteiger partial charge in [-0.25, -0.2) is 9.37 Å². The van der Waals surface area contributed by atoms with E-state index in [1.54, 1.807) is 41.8 Å². The van der Waals surface area contributed by atoms with Crippen LogP contribution in [-0.4, -0.2) is 30.9 Å². The number of halogens is 2. The molecule has 0 radical (unpaired) electrons.